The summed E-state index contributed by atoms with van der Waals surface area (Å²) >= 11 is 0. The van der Waals surface area contributed by atoms with Gasteiger partial charge in [0, 0.05) is 11.6 Å². The number of nitrogens with one attached hydrogen (secondary N) is 1. The fourth-order valence-electron chi connectivity index (χ4n) is 1.97. The first-order valence-electron chi connectivity index (χ1n) is 5.93. The number of imidazole rings is 1. The summed E-state index contributed by atoms with van der Waals surface area (Å²) in [6.45, 7) is -2.90. The molecule has 0 unspecified atom stereocenters. The van der Waals surface area contributed by atoms with Crippen molar-refractivity contribution in [2.45, 2.75) is 6.61 Å². The number of nitrogens with zero attached hydrogens (tertiary/aromatic N) is 1. The minimum Gasteiger partial charge on any atom is -0.435 e. The van der Waals surface area contributed by atoms with E-state index in [1.54, 1.807) is 0 Å². The summed E-state index contributed by atoms with van der Waals surface area (Å²) in [4.78, 5) is 6.80. The first-order valence-corrected chi connectivity index (χ1v) is 5.93. The molecule has 0 spiro atoms. The summed E-state index contributed by atoms with van der Waals surface area (Å²) in [6, 6.07) is 7.53. The van der Waals surface area contributed by atoms with Gasteiger partial charge in [0.2, 0.25) is 0 Å². The number of halogens is 4. The third-order valence-electron chi connectivity index (χ3n) is 2.86. The maximum absolute atomic E-state index is 13.6. The second-order valence-corrected chi connectivity index (χ2v) is 4.27. The summed E-state index contributed by atoms with van der Waals surface area (Å²) in [5.74, 6) is -1.18. The molecule has 1 N–H and O–H groups in total. The Morgan fingerprint density at radius 1 is 1.05 bits per heavy atom. The van der Waals surface area contributed by atoms with Gasteiger partial charge in [0.15, 0.2) is 5.82 Å². The number of aromatic amines is 1. The van der Waals surface area contributed by atoms with E-state index in [0.717, 1.165) is 12.1 Å². The van der Waals surface area contributed by atoms with Crippen molar-refractivity contribution >= 4 is 11.0 Å². The van der Waals surface area contributed by atoms with Crippen molar-refractivity contribution in [2.24, 2.45) is 0 Å². The van der Waals surface area contributed by atoms with Crippen LogP contribution in [0.15, 0.2) is 36.4 Å². The fraction of sp³-hybridized carbons (Fsp3) is 0.0714. The van der Waals surface area contributed by atoms with Crippen LogP contribution in [0.2, 0.25) is 0 Å². The van der Waals surface area contributed by atoms with Crippen LogP contribution in [0.3, 0.4) is 0 Å². The molecule has 7 heteroatoms. The van der Waals surface area contributed by atoms with Gasteiger partial charge in [-0.15, -0.1) is 0 Å². The van der Waals surface area contributed by atoms with Crippen LogP contribution in [0.5, 0.6) is 5.75 Å². The molecule has 1 heterocycles. The van der Waals surface area contributed by atoms with Crippen molar-refractivity contribution in [1.82, 2.24) is 9.97 Å². The van der Waals surface area contributed by atoms with Gasteiger partial charge in [-0.05, 0) is 30.3 Å². The van der Waals surface area contributed by atoms with Gasteiger partial charge in [-0.2, -0.15) is 8.78 Å². The molecule has 0 amide bonds. The second kappa shape index (κ2) is 5.08. The maximum Gasteiger partial charge on any atom is 0.387 e. The number of hydrogen-bond acceptors (Lipinski definition) is 2. The SMILES string of the molecule is Fc1cc(F)c2nc(-c3ccc(OC(F)F)cc3)[nH]c2c1. The van der Waals surface area contributed by atoms with Crippen molar-refractivity contribution < 1.29 is 22.3 Å². The van der Waals surface area contributed by atoms with Crippen molar-refractivity contribution in [2.75, 3.05) is 0 Å². The van der Waals surface area contributed by atoms with E-state index in [1.807, 2.05) is 0 Å². The van der Waals surface area contributed by atoms with E-state index in [2.05, 4.69) is 14.7 Å². The van der Waals surface area contributed by atoms with Crippen LogP contribution in [-0.2, 0) is 0 Å². The third-order valence-corrected chi connectivity index (χ3v) is 2.86. The predicted octanol–water partition coefficient (Wildman–Crippen LogP) is 4.11. The fourth-order valence-corrected chi connectivity index (χ4v) is 1.97. The molecule has 21 heavy (non-hydrogen) atoms. The van der Waals surface area contributed by atoms with E-state index < -0.39 is 18.2 Å². The van der Waals surface area contributed by atoms with Crippen LogP contribution in [0, 0.1) is 11.6 Å². The first-order chi connectivity index (χ1) is 10.0. The van der Waals surface area contributed by atoms with Gasteiger partial charge in [0.05, 0.1) is 5.52 Å². The van der Waals surface area contributed by atoms with Gasteiger partial charge >= 0.3 is 6.61 Å². The average Bonchev–Trinajstić information content (AvgIpc) is 2.83. The van der Waals surface area contributed by atoms with Crippen LogP contribution in [0.4, 0.5) is 17.6 Å². The smallest absolute Gasteiger partial charge is 0.387 e. The normalized spacial score (nSPS) is 11.3. The quantitative estimate of drug-likeness (QED) is 0.739. The van der Waals surface area contributed by atoms with Gasteiger partial charge in [0.25, 0.3) is 0 Å². The lowest BCUT2D eigenvalue weighted by Gasteiger charge is -2.04. The average molecular weight is 296 g/mol. The lowest BCUT2D eigenvalue weighted by atomic mass is 10.2. The number of benzene rings is 2. The van der Waals surface area contributed by atoms with Gasteiger partial charge in [0.1, 0.15) is 22.9 Å². The van der Waals surface area contributed by atoms with Crippen molar-refractivity contribution in [3.8, 4) is 17.1 Å². The van der Waals surface area contributed by atoms with Gasteiger partial charge in [-0.25, -0.2) is 13.8 Å². The van der Waals surface area contributed by atoms with Crippen LogP contribution >= 0.6 is 0 Å². The molecule has 0 saturated carbocycles. The molecule has 2 aromatic carbocycles. The Morgan fingerprint density at radius 3 is 2.43 bits per heavy atom. The molecule has 3 nitrogen and oxygen atoms in total. The lowest BCUT2D eigenvalue weighted by Crippen LogP contribution is -2.01. The Balaban J connectivity index is 1.98. The summed E-state index contributed by atoms with van der Waals surface area (Å²) < 4.78 is 55.0. The molecule has 3 aromatic rings. The first kappa shape index (κ1) is 13.4. The van der Waals surface area contributed by atoms with E-state index in [4.69, 9.17) is 0 Å². The Hall–Kier alpha value is -2.57. The summed E-state index contributed by atoms with van der Waals surface area (Å²) in [5.41, 5.74) is 0.766. The van der Waals surface area contributed by atoms with E-state index in [1.165, 1.54) is 24.3 Å². The highest BCUT2D eigenvalue weighted by atomic mass is 19.3. The number of hydrogen-bond donors (Lipinski definition) is 1. The zero-order valence-electron chi connectivity index (χ0n) is 10.4. The summed E-state index contributed by atoms with van der Waals surface area (Å²) in [5, 5.41) is 0. The standard InChI is InChI=1S/C14H8F4N2O/c15-8-5-10(16)12-11(6-8)19-13(20-12)7-1-3-9(4-2-7)21-14(17)18/h1-6,14H,(H,19,20). The van der Waals surface area contributed by atoms with Gasteiger partial charge < -0.3 is 9.72 Å². The zero-order valence-corrected chi connectivity index (χ0v) is 10.4. The van der Waals surface area contributed by atoms with Crippen LogP contribution < -0.4 is 4.74 Å². The Labute approximate surface area is 116 Å². The van der Waals surface area contributed by atoms with Crippen molar-refractivity contribution in [3.05, 3.63) is 48.0 Å². The predicted molar refractivity (Wildman–Crippen MR) is 68.1 cm³/mol. The molecule has 0 aliphatic rings. The van der Waals surface area contributed by atoms with Crippen LogP contribution in [0.1, 0.15) is 0 Å². The lowest BCUT2D eigenvalue weighted by molar-refractivity contribution is -0.0498. The number of alkyl halides is 2. The Bertz CT molecular complexity index is 784. The molecule has 0 bridgehead atoms. The molecule has 108 valence electrons. The summed E-state index contributed by atoms with van der Waals surface area (Å²) in [7, 11) is 0. The zero-order chi connectivity index (χ0) is 15.0. The highest BCUT2D eigenvalue weighted by Crippen LogP contribution is 2.25. The van der Waals surface area contributed by atoms with Crippen molar-refractivity contribution in [1.29, 1.82) is 0 Å². The highest BCUT2D eigenvalue weighted by molar-refractivity contribution is 5.80. The Kier molecular flexibility index (Phi) is 3.25. The van der Waals surface area contributed by atoms with E-state index in [0.29, 0.717) is 11.4 Å². The van der Waals surface area contributed by atoms with Gasteiger partial charge in [-0.1, -0.05) is 0 Å². The molecular formula is C14H8F4N2O. The highest BCUT2D eigenvalue weighted by Gasteiger charge is 2.11. The molecule has 0 aliphatic carbocycles. The van der Waals surface area contributed by atoms with E-state index in [-0.39, 0.29) is 16.8 Å². The molecule has 0 saturated heterocycles. The molecule has 0 aliphatic heterocycles. The van der Waals surface area contributed by atoms with Crippen molar-refractivity contribution in [3.63, 3.8) is 0 Å². The maximum atomic E-state index is 13.6. The topological polar surface area (TPSA) is 37.9 Å². The van der Waals surface area contributed by atoms with Crippen LogP contribution in [0.25, 0.3) is 22.4 Å². The van der Waals surface area contributed by atoms with Gasteiger partial charge in [-0.3, -0.25) is 0 Å². The molecule has 0 fully saturated rings. The number of aromatic nitrogens is 2. The molecule has 0 atom stereocenters. The van der Waals surface area contributed by atoms with E-state index in [9.17, 15) is 17.6 Å². The molecule has 3 rings (SSSR count). The minimum absolute atomic E-state index is 0.00193. The number of rotatable bonds is 3. The van der Waals surface area contributed by atoms with Crippen LogP contribution in [-0.4, -0.2) is 16.6 Å². The molecule has 1 aromatic heterocycles. The largest absolute Gasteiger partial charge is 0.435 e. The number of ether oxygens (including phenoxy) is 1. The molecule has 0 radical (unpaired) electrons. The Morgan fingerprint density at radius 2 is 1.76 bits per heavy atom. The number of H-pyrrole nitrogens is 1. The number of fused-ring (bicyclic) bond motifs is 1. The monoisotopic (exact) mass is 296 g/mol. The second-order valence-electron chi connectivity index (χ2n) is 4.27. The minimum atomic E-state index is -2.90. The van der Waals surface area contributed by atoms with E-state index >= 15 is 0 Å². The molecular weight excluding hydrogens is 288 g/mol. The summed E-state index contributed by atoms with van der Waals surface area (Å²) in [6.07, 6.45) is 0. The third kappa shape index (κ3) is 2.67.